The molecule has 6 nitrogen and oxygen atoms in total. The standard InChI is InChI=1S/C22H18N4O2/c27-22(20-14-24-18-8-4-5-9-19(18)26-20)25-13-17-10-11-23-21(12-17)28-15-16-6-2-1-3-7-16/h1-12,14H,13,15H2,(H,25,27). The first-order chi connectivity index (χ1) is 13.8. The number of carbonyl (C=O) groups excluding carboxylic acids is 1. The highest BCUT2D eigenvalue weighted by molar-refractivity contribution is 5.93. The molecule has 4 aromatic rings. The molecule has 4 rings (SSSR count). The van der Waals surface area contributed by atoms with Crippen LogP contribution in [0.3, 0.4) is 0 Å². The molecular weight excluding hydrogens is 352 g/mol. The first-order valence-corrected chi connectivity index (χ1v) is 8.89. The van der Waals surface area contributed by atoms with E-state index in [9.17, 15) is 4.79 Å². The normalized spacial score (nSPS) is 10.6. The van der Waals surface area contributed by atoms with E-state index in [0.717, 1.165) is 16.6 Å². The fourth-order valence-electron chi connectivity index (χ4n) is 2.71. The highest BCUT2D eigenvalue weighted by Gasteiger charge is 2.09. The van der Waals surface area contributed by atoms with E-state index in [1.165, 1.54) is 6.20 Å². The van der Waals surface area contributed by atoms with Crippen LogP contribution in [0, 0.1) is 0 Å². The lowest BCUT2D eigenvalue weighted by molar-refractivity contribution is 0.0946. The third kappa shape index (κ3) is 4.29. The molecule has 1 amide bonds. The van der Waals surface area contributed by atoms with E-state index in [0.29, 0.717) is 24.5 Å². The maximum atomic E-state index is 12.4. The molecular formula is C22H18N4O2. The van der Waals surface area contributed by atoms with Crippen molar-refractivity contribution in [1.82, 2.24) is 20.3 Å². The molecule has 0 saturated carbocycles. The van der Waals surface area contributed by atoms with Crippen molar-refractivity contribution < 1.29 is 9.53 Å². The molecule has 2 aromatic heterocycles. The van der Waals surface area contributed by atoms with Gasteiger partial charge in [-0.2, -0.15) is 0 Å². The molecule has 0 atom stereocenters. The molecule has 28 heavy (non-hydrogen) atoms. The summed E-state index contributed by atoms with van der Waals surface area (Å²) in [6.07, 6.45) is 3.15. The minimum absolute atomic E-state index is 0.276. The van der Waals surface area contributed by atoms with Crippen LogP contribution >= 0.6 is 0 Å². The Bertz CT molecular complexity index is 1100. The van der Waals surface area contributed by atoms with Crippen molar-refractivity contribution >= 4 is 16.9 Å². The number of hydrogen-bond donors (Lipinski definition) is 1. The Morgan fingerprint density at radius 2 is 1.68 bits per heavy atom. The lowest BCUT2D eigenvalue weighted by atomic mass is 10.2. The number of para-hydroxylation sites is 2. The molecule has 138 valence electrons. The number of nitrogens with zero attached hydrogens (tertiary/aromatic N) is 3. The van der Waals surface area contributed by atoms with E-state index in [1.807, 2.05) is 66.7 Å². The molecule has 0 spiro atoms. The Labute approximate surface area is 162 Å². The Hall–Kier alpha value is -3.80. The second-order valence-electron chi connectivity index (χ2n) is 6.20. The Kier molecular flexibility index (Phi) is 5.20. The smallest absolute Gasteiger partial charge is 0.271 e. The predicted molar refractivity (Wildman–Crippen MR) is 106 cm³/mol. The topological polar surface area (TPSA) is 77.0 Å². The van der Waals surface area contributed by atoms with Crippen molar-refractivity contribution in [2.24, 2.45) is 0 Å². The quantitative estimate of drug-likeness (QED) is 0.562. The second kappa shape index (κ2) is 8.26. The summed E-state index contributed by atoms with van der Waals surface area (Å²) in [6.45, 7) is 0.786. The Morgan fingerprint density at radius 3 is 2.54 bits per heavy atom. The summed E-state index contributed by atoms with van der Waals surface area (Å²) >= 11 is 0. The summed E-state index contributed by atoms with van der Waals surface area (Å²) in [5, 5.41) is 2.86. The van der Waals surface area contributed by atoms with E-state index in [-0.39, 0.29) is 11.6 Å². The average molecular weight is 370 g/mol. The average Bonchev–Trinajstić information content (AvgIpc) is 2.77. The highest BCUT2D eigenvalue weighted by atomic mass is 16.5. The van der Waals surface area contributed by atoms with Crippen molar-refractivity contribution in [3.8, 4) is 5.88 Å². The number of ether oxygens (including phenoxy) is 1. The van der Waals surface area contributed by atoms with Gasteiger partial charge in [-0.25, -0.2) is 9.97 Å². The number of hydrogen-bond acceptors (Lipinski definition) is 5. The van der Waals surface area contributed by atoms with E-state index in [1.54, 1.807) is 6.20 Å². The first kappa shape index (κ1) is 17.6. The summed E-state index contributed by atoms with van der Waals surface area (Å²) in [5.74, 6) is 0.239. The third-order valence-electron chi connectivity index (χ3n) is 4.16. The van der Waals surface area contributed by atoms with Gasteiger partial charge in [-0.1, -0.05) is 42.5 Å². The third-order valence-corrected chi connectivity index (χ3v) is 4.16. The molecule has 0 radical (unpaired) electrons. The van der Waals surface area contributed by atoms with Gasteiger partial charge in [0.2, 0.25) is 5.88 Å². The predicted octanol–water partition coefficient (Wildman–Crippen LogP) is 3.53. The van der Waals surface area contributed by atoms with Crippen molar-refractivity contribution in [3.05, 3.63) is 95.9 Å². The van der Waals surface area contributed by atoms with Crippen LogP contribution in [0.2, 0.25) is 0 Å². The van der Waals surface area contributed by atoms with Crippen molar-refractivity contribution in [2.75, 3.05) is 0 Å². The molecule has 0 aliphatic heterocycles. The number of nitrogens with one attached hydrogen (secondary N) is 1. The van der Waals surface area contributed by atoms with Gasteiger partial charge in [0.05, 0.1) is 17.2 Å². The summed E-state index contributed by atoms with van der Waals surface area (Å²) in [7, 11) is 0. The van der Waals surface area contributed by atoms with Crippen LogP contribution < -0.4 is 10.1 Å². The van der Waals surface area contributed by atoms with Crippen molar-refractivity contribution in [2.45, 2.75) is 13.2 Å². The van der Waals surface area contributed by atoms with Gasteiger partial charge < -0.3 is 10.1 Å². The number of benzene rings is 2. The minimum Gasteiger partial charge on any atom is -0.473 e. The number of carbonyl (C=O) groups is 1. The fraction of sp³-hybridized carbons (Fsp3) is 0.0909. The van der Waals surface area contributed by atoms with Crippen LogP contribution in [0.15, 0.2) is 79.1 Å². The van der Waals surface area contributed by atoms with Crippen molar-refractivity contribution in [3.63, 3.8) is 0 Å². The van der Waals surface area contributed by atoms with Crippen LogP contribution in [0.1, 0.15) is 21.6 Å². The van der Waals surface area contributed by atoms with Gasteiger partial charge in [0.15, 0.2) is 0 Å². The number of rotatable bonds is 6. The molecule has 6 heteroatoms. The zero-order valence-electron chi connectivity index (χ0n) is 15.1. The van der Waals surface area contributed by atoms with Gasteiger partial charge in [0.1, 0.15) is 12.3 Å². The molecule has 2 aromatic carbocycles. The lowest BCUT2D eigenvalue weighted by Gasteiger charge is -2.08. The SMILES string of the molecule is O=C(NCc1ccnc(OCc2ccccc2)c1)c1cnc2ccccc2n1. The van der Waals surface area contributed by atoms with Gasteiger partial charge in [-0.3, -0.25) is 9.78 Å². The maximum Gasteiger partial charge on any atom is 0.271 e. The zero-order chi connectivity index (χ0) is 19.2. The van der Waals surface area contributed by atoms with E-state index in [4.69, 9.17) is 4.74 Å². The molecule has 0 aliphatic carbocycles. The molecule has 0 unspecified atom stereocenters. The Morgan fingerprint density at radius 1 is 0.893 bits per heavy atom. The van der Waals surface area contributed by atoms with Crippen LogP contribution in [0.5, 0.6) is 5.88 Å². The largest absolute Gasteiger partial charge is 0.473 e. The minimum atomic E-state index is -0.276. The summed E-state index contributed by atoms with van der Waals surface area (Å²) < 4.78 is 5.73. The van der Waals surface area contributed by atoms with Gasteiger partial charge in [0.25, 0.3) is 5.91 Å². The fourth-order valence-corrected chi connectivity index (χ4v) is 2.71. The molecule has 0 saturated heterocycles. The number of fused-ring (bicyclic) bond motifs is 1. The van der Waals surface area contributed by atoms with Gasteiger partial charge in [0, 0.05) is 18.8 Å². The van der Waals surface area contributed by atoms with E-state index >= 15 is 0 Å². The van der Waals surface area contributed by atoms with E-state index < -0.39 is 0 Å². The molecule has 0 bridgehead atoms. The van der Waals surface area contributed by atoms with Gasteiger partial charge >= 0.3 is 0 Å². The molecule has 0 aliphatic rings. The summed E-state index contributed by atoms with van der Waals surface area (Å²) in [6, 6.07) is 21.0. The van der Waals surface area contributed by atoms with Crippen molar-refractivity contribution in [1.29, 1.82) is 0 Å². The van der Waals surface area contributed by atoms with Crippen LogP contribution in [0.25, 0.3) is 11.0 Å². The number of amides is 1. The molecule has 2 heterocycles. The maximum absolute atomic E-state index is 12.4. The summed E-state index contributed by atoms with van der Waals surface area (Å²) in [5.41, 5.74) is 3.69. The Balaban J connectivity index is 1.38. The number of pyridine rings is 1. The van der Waals surface area contributed by atoms with Crippen LogP contribution in [-0.4, -0.2) is 20.9 Å². The van der Waals surface area contributed by atoms with Gasteiger partial charge in [-0.15, -0.1) is 0 Å². The van der Waals surface area contributed by atoms with Crippen LogP contribution in [-0.2, 0) is 13.2 Å². The summed E-state index contributed by atoms with van der Waals surface area (Å²) in [4.78, 5) is 25.2. The van der Waals surface area contributed by atoms with Crippen LogP contribution in [0.4, 0.5) is 0 Å². The second-order valence-corrected chi connectivity index (χ2v) is 6.20. The zero-order valence-corrected chi connectivity index (χ0v) is 15.1. The molecule has 0 fully saturated rings. The highest BCUT2D eigenvalue weighted by Crippen LogP contribution is 2.12. The van der Waals surface area contributed by atoms with Gasteiger partial charge in [-0.05, 0) is 29.3 Å². The lowest BCUT2D eigenvalue weighted by Crippen LogP contribution is -2.24. The number of aromatic nitrogens is 3. The monoisotopic (exact) mass is 370 g/mol. The molecule has 1 N–H and O–H groups in total. The first-order valence-electron chi connectivity index (χ1n) is 8.89. The van der Waals surface area contributed by atoms with E-state index in [2.05, 4.69) is 20.3 Å².